The number of hydrogen-bond donors (Lipinski definition) is 1. The van der Waals surface area contributed by atoms with Gasteiger partial charge in [0.2, 0.25) is 0 Å². The van der Waals surface area contributed by atoms with Crippen molar-refractivity contribution in [3.8, 4) is 0 Å². The highest BCUT2D eigenvalue weighted by molar-refractivity contribution is 6.22. The third kappa shape index (κ3) is 4.83. The molecule has 1 N–H and O–H groups in total. The van der Waals surface area contributed by atoms with E-state index in [1.165, 1.54) is 0 Å². The van der Waals surface area contributed by atoms with Crippen molar-refractivity contribution in [3.63, 3.8) is 0 Å². The van der Waals surface area contributed by atoms with Gasteiger partial charge in [-0.25, -0.2) is 4.79 Å². The molecule has 156 valence electrons. The minimum atomic E-state index is -1.04. The largest absolute Gasteiger partial charge is 0.459 e. The van der Waals surface area contributed by atoms with Gasteiger partial charge >= 0.3 is 5.97 Å². The van der Waals surface area contributed by atoms with E-state index in [9.17, 15) is 19.5 Å². The first-order chi connectivity index (χ1) is 14.5. The Morgan fingerprint density at radius 2 is 1.60 bits per heavy atom. The highest BCUT2D eigenvalue weighted by atomic mass is 16.5. The average Bonchev–Trinajstić information content (AvgIpc) is 3.01. The van der Waals surface area contributed by atoms with E-state index in [0.717, 1.165) is 10.5 Å². The van der Waals surface area contributed by atoms with Crippen LogP contribution < -0.4 is 0 Å². The zero-order valence-corrected chi connectivity index (χ0v) is 16.7. The van der Waals surface area contributed by atoms with Gasteiger partial charge in [-0.15, -0.1) is 6.58 Å². The molecule has 3 rings (SSSR count). The Morgan fingerprint density at radius 1 is 1.00 bits per heavy atom. The summed E-state index contributed by atoms with van der Waals surface area (Å²) < 4.78 is 5.44. The SMILES string of the molecule is C=CCC(O)CCC[C@@H](C(=O)OCc1ccccc1)N1C(=O)c2ccccc2C1=O. The number of aliphatic hydroxyl groups excluding tert-OH is 1. The Kier molecular flexibility index (Phi) is 7.14. The summed E-state index contributed by atoms with van der Waals surface area (Å²) in [5, 5.41) is 9.93. The molecule has 2 aromatic rings. The van der Waals surface area contributed by atoms with Crippen LogP contribution in [0, 0.1) is 0 Å². The second-order valence-corrected chi connectivity index (χ2v) is 7.24. The van der Waals surface area contributed by atoms with Gasteiger partial charge in [-0.2, -0.15) is 0 Å². The molecule has 6 heteroatoms. The maximum atomic E-state index is 12.9. The number of carbonyl (C=O) groups excluding carboxylic acids is 3. The first-order valence-corrected chi connectivity index (χ1v) is 9.99. The first-order valence-electron chi connectivity index (χ1n) is 9.99. The molecule has 6 nitrogen and oxygen atoms in total. The number of aliphatic hydroxyl groups is 1. The Balaban J connectivity index is 1.75. The average molecular weight is 407 g/mol. The minimum Gasteiger partial charge on any atom is -0.459 e. The van der Waals surface area contributed by atoms with Crippen LogP contribution in [0.2, 0.25) is 0 Å². The summed E-state index contributed by atoms with van der Waals surface area (Å²) >= 11 is 0. The number of hydrogen-bond acceptors (Lipinski definition) is 5. The highest BCUT2D eigenvalue weighted by Crippen LogP contribution is 2.27. The number of fused-ring (bicyclic) bond motifs is 1. The van der Waals surface area contributed by atoms with Gasteiger partial charge in [-0.3, -0.25) is 14.5 Å². The first kappa shape index (κ1) is 21.5. The Hall–Kier alpha value is -3.25. The fraction of sp³-hybridized carbons (Fsp3) is 0.292. The van der Waals surface area contributed by atoms with Crippen molar-refractivity contribution in [2.45, 2.75) is 44.4 Å². The standard InChI is InChI=1S/C24H25NO5/c1-2-9-18(26)12-8-15-21(24(29)30-16-17-10-4-3-5-11-17)25-22(27)19-13-6-7-14-20(19)23(25)28/h2-7,10-11,13-14,18,21,26H,1,8-9,12,15-16H2/t18?,21-/m0/s1. The molecular formula is C24H25NO5. The van der Waals surface area contributed by atoms with Crippen LogP contribution in [-0.2, 0) is 16.1 Å². The zero-order valence-electron chi connectivity index (χ0n) is 16.7. The van der Waals surface area contributed by atoms with E-state index in [-0.39, 0.29) is 24.2 Å². The lowest BCUT2D eigenvalue weighted by Crippen LogP contribution is -2.45. The quantitative estimate of drug-likeness (QED) is 0.370. The van der Waals surface area contributed by atoms with Crippen LogP contribution in [0.25, 0.3) is 0 Å². The Morgan fingerprint density at radius 3 is 2.20 bits per heavy atom. The van der Waals surface area contributed by atoms with Crippen molar-refractivity contribution in [1.29, 1.82) is 0 Å². The predicted octanol–water partition coefficient (Wildman–Crippen LogP) is 3.50. The molecule has 0 bridgehead atoms. The van der Waals surface area contributed by atoms with E-state index in [0.29, 0.717) is 19.3 Å². The molecule has 1 heterocycles. The van der Waals surface area contributed by atoms with Crippen LogP contribution in [0.5, 0.6) is 0 Å². The molecule has 30 heavy (non-hydrogen) atoms. The molecule has 0 saturated heterocycles. The fourth-order valence-electron chi connectivity index (χ4n) is 3.53. The molecule has 2 aromatic carbocycles. The van der Waals surface area contributed by atoms with Gasteiger partial charge in [0, 0.05) is 0 Å². The van der Waals surface area contributed by atoms with E-state index in [1.54, 1.807) is 30.3 Å². The summed E-state index contributed by atoms with van der Waals surface area (Å²) in [6.07, 6.45) is 2.58. The second kappa shape index (κ2) is 9.98. The molecule has 2 amide bonds. The van der Waals surface area contributed by atoms with Gasteiger partial charge < -0.3 is 9.84 Å². The Bertz CT molecular complexity index is 889. The number of amides is 2. The van der Waals surface area contributed by atoms with E-state index in [2.05, 4.69) is 6.58 Å². The van der Waals surface area contributed by atoms with Gasteiger partial charge in [0.05, 0.1) is 17.2 Å². The molecule has 0 aromatic heterocycles. The lowest BCUT2D eigenvalue weighted by molar-refractivity contribution is -0.150. The predicted molar refractivity (Wildman–Crippen MR) is 112 cm³/mol. The summed E-state index contributed by atoms with van der Waals surface area (Å²) in [5.74, 6) is -1.63. The van der Waals surface area contributed by atoms with E-state index < -0.39 is 29.9 Å². The molecule has 2 atom stereocenters. The summed E-state index contributed by atoms with van der Waals surface area (Å²) in [5.41, 5.74) is 1.39. The smallest absolute Gasteiger partial charge is 0.329 e. The van der Waals surface area contributed by atoms with Gasteiger partial charge in [0.15, 0.2) is 0 Å². The van der Waals surface area contributed by atoms with Crippen molar-refractivity contribution < 1.29 is 24.2 Å². The lowest BCUT2D eigenvalue weighted by Gasteiger charge is -2.25. The van der Waals surface area contributed by atoms with Crippen LogP contribution in [0.4, 0.5) is 0 Å². The molecular weight excluding hydrogens is 382 g/mol. The number of ether oxygens (including phenoxy) is 1. The number of esters is 1. The van der Waals surface area contributed by atoms with Gasteiger partial charge in [-0.1, -0.05) is 48.5 Å². The highest BCUT2D eigenvalue weighted by Gasteiger charge is 2.43. The molecule has 1 aliphatic heterocycles. The molecule has 0 fully saturated rings. The van der Waals surface area contributed by atoms with E-state index >= 15 is 0 Å². The summed E-state index contributed by atoms with van der Waals surface area (Å²) in [4.78, 5) is 39.6. The maximum Gasteiger partial charge on any atom is 0.329 e. The number of rotatable bonds is 10. The van der Waals surface area contributed by atoms with Crippen molar-refractivity contribution in [3.05, 3.63) is 83.9 Å². The third-order valence-corrected chi connectivity index (χ3v) is 5.09. The van der Waals surface area contributed by atoms with Gasteiger partial charge in [0.25, 0.3) is 11.8 Å². The molecule has 0 aliphatic carbocycles. The molecule has 0 spiro atoms. The van der Waals surface area contributed by atoms with Crippen molar-refractivity contribution in [2.75, 3.05) is 0 Å². The van der Waals surface area contributed by atoms with Crippen LogP contribution in [0.1, 0.15) is 52.0 Å². The minimum absolute atomic E-state index is 0.0540. The molecule has 1 unspecified atom stereocenters. The fourth-order valence-corrected chi connectivity index (χ4v) is 3.53. The van der Waals surface area contributed by atoms with Crippen LogP contribution in [-0.4, -0.2) is 39.9 Å². The van der Waals surface area contributed by atoms with E-state index in [1.807, 2.05) is 30.3 Å². The summed E-state index contributed by atoms with van der Waals surface area (Å²) in [6.45, 7) is 3.65. The van der Waals surface area contributed by atoms with Crippen molar-refractivity contribution in [2.24, 2.45) is 0 Å². The third-order valence-electron chi connectivity index (χ3n) is 5.09. The van der Waals surface area contributed by atoms with Crippen molar-refractivity contribution >= 4 is 17.8 Å². The second-order valence-electron chi connectivity index (χ2n) is 7.24. The number of carbonyl (C=O) groups is 3. The number of imide groups is 1. The van der Waals surface area contributed by atoms with E-state index in [4.69, 9.17) is 4.74 Å². The number of benzene rings is 2. The van der Waals surface area contributed by atoms with Crippen molar-refractivity contribution in [1.82, 2.24) is 4.90 Å². The van der Waals surface area contributed by atoms with Gasteiger partial charge in [-0.05, 0) is 43.4 Å². The van der Waals surface area contributed by atoms with Gasteiger partial charge in [0.1, 0.15) is 12.6 Å². The van der Waals surface area contributed by atoms with Crippen LogP contribution >= 0.6 is 0 Å². The summed E-state index contributed by atoms with van der Waals surface area (Å²) in [7, 11) is 0. The number of nitrogens with zero attached hydrogens (tertiary/aromatic N) is 1. The molecule has 0 saturated carbocycles. The normalized spacial score (nSPS) is 14.9. The monoisotopic (exact) mass is 407 g/mol. The summed E-state index contributed by atoms with van der Waals surface area (Å²) in [6, 6.07) is 14.7. The Labute approximate surface area is 175 Å². The molecule has 0 radical (unpaired) electrons. The van der Waals surface area contributed by atoms with Crippen LogP contribution in [0.15, 0.2) is 67.3 Å². The maximum absolute atomic E-state index is 12.9. The molecule has 1 aliphatic rings. The van der Waals surface area contributed by atoms with Crippen LogP contribution in [0.3, 0.4) is 0 Å². The zero-order chi connectivity index (χ0) is 21.5. The topological polar surface area (TPSA) is 83.9 Å². The lowest BCUT2D eigenvalue weighted by atomic mass is 10.0.